The molecule has 5 heteroatoms. The van der Waals surface area contributed by atoms with Crippen molar-refractivity contribution in [2.75, 3.05) is 11.9 Å². The van der Waals surface area contributed by atoms with Crippen LogP contribution in [0, 0.1) is 0 Å². The molecule has 1 saturated heterocycles. The minimum atomic E-state index is -0.170. The van der Waals surface area contributed by atoms with E-state index < -0.39 is 0 Å². The highest BCUT2D eigenvalue weighted by Gasteiger charge is 2.27. The van der Waals surface area contributed by atoms with Gasteiger partial charge < -0.3 is 15.4 Å². The van der Waals surface area contributed by atoms with E-state index >= 15 is 0 Å². The second-order valence-electron chi connectivity index (χ2n) is 5.84. The number of ether oxygens (including phenoxy) is 1. The van der Waals surface area contributed by atoms with Gasteiger partial charge >= 0.3 is 0 Å². The first-order valence-corrected chi connectivity index (χ1v) is 9.44. The number of hydrogen-bond acceptors (Lipinski definition) is 4. The summed E-state index contributed by atoms with van der Waals surface area (Å²) >= 11 is 1.48. The zero-order chi connectivity index (χ0) is 18.4. The quantitative estimate of drug-likeness (QED) is 0.563. The maximum absolute atomic E-state index is 12.2. The molecule has 3 rings (SSSR count). The third kappa shape index (κ3) is 4.70. The van der Waals surface area contributed by atoms with E-state index in [9.17, 15) is 4.79 Å². The Morgan fingerprint density at radius 2 is 1.92 bits per heavy atom. The van der Waals surface area contributed by atoms with Crippen molar-refractivity contribution < 1.29 is 9.53 Å². The van der Waals surface area contributed by atoms with Crippen molar-refractivity contribution in [1.82, 2.24) is 5.32 Å². The zero-order valence-corrected chi connectivity index (χ0v) is 15.5. The Balaban J connectivity index is 1.63. The zero-order valence-electron chi connectivity index (χ0n) is 14.7. The van der Waals surface area contributed by atoms with Crippen LogP contribution in [0.2, 0.25) is 0 Å². The Bertz CT molecular complexity index is 798. The van der Waals surface area contributed by atoms with Gasteiger partial charge in [0, 0.05) is 5.69 Å². The van der Waals surface area contributed by atoms with Crippen LogP contribution in [0.1, 0.15) is 18.1 Å². The molecule has 2 aromatic rings. The summed E-state index contributed by atoms with van der Waals surface area (Å²) in [6.45, 7) is 6.24. The molecular weight excluding hydrogens is 344 g/mol. The lowest BCUT2D eigenvalue weighted by Crippen LogP contribution is -2.30. The molecule has 0 aromatic heterocycles. The van der Waals surface area contributed by atoms with Gasteiger partial charge in [0.1, 0.15) is 12.4 Å². The molecule has 0 saturated carbocycles. The number of carbonyl (C=O) groups excluding carboxylic acids is 1. The number of amides is 1. The first-order chi connectivity index (χ1) is 12.7. The summed E-state index contributed by atoms with van der Waals surface area (Å²) in [5, 5.41) is 6.28. The Kier molecular flexibility index (Phi) is 6.02. The molecule has 1 heterocycles. The average molecular weight is 366 g/mol. The van der Waals surface area contributed by atoms with Crippen LogP contribution in [0.5, 0.6) is 5.75 Å². The van der Waals surface area contributed by atoms with Gasteiger partial charge in [-0.1, -0.05) is 55.6 Å². The number of aryl methyl sites for hydroxylation is 1. The van der Waals surface area contributed by atoms with Crippen molar-refractivity contribution in [3.8, 4) is 5.75 Å². The molecule has 1 fully saturated rings. The fourth-order valence-corrected chi connectivity index (χ4v) is 3.51. The average Bonchev–Trinajstić information content (AvgIpc) is 3.00. The molecule has 1 aliphatic rings. The standard InChI is InChI=1S/C21H22N2O2S/c1-3-13-25-18-11-7-16(8-12-18)14-19-20(24)23-21(26-19)22-17-9-5-15(4-2)6-10-17/h3,5-12,14,21-22H,1,4,13H2,2H3,(H,23,24)/b19-14-/t21-/m0/s1. The number of hydrogen-bond donors (Lipinski definition) is 2. The summed E-state index contributed by atoms with van der Waals surface area (Å²) in [4.78, 5) is 12.9. The first-order valence-electron chi connectivity index (χ1n) is 8.56. The van der Waals surface area contributed by atoms with Crippen LogP contribution in [0.3, 0.4) is 0 Å². The van der Waals surface area contributed by atoms with E-state index in [0.29, 0.717) is 11.5 Å². The predicted octanol–water partition coefficient (Wildman–Crippen LogP) is 4.41. The van der Waals surface area contributed by atoms with Crippen LogP contribution in [0.4, 0.5) is 5.69 Å². The van der Waals surface area contributed by atoms with Gasteiger partial charge in [-0.25, -0.2) is 0 Å². The molecule has 26 heavy (non-hydrogen) atoms. The largest absolute Gasteiger partial charge is 0.490 e. The number of rotatable bonds is 7. The molecule has 0 aliphatic carbocycles. The minimum absolute atomic E-state index is 0.0651. The Morgan fingerprint density at radius 1 is 1.19 bits per heavy atom. The molecule has 1 amide bonds. The summed E-state index contributed by atoms with van der Waals surface area (Å²) in [6.07, 6.45) is 4.61. The van der Waals surface area contributed by atoms with Crippen LogP contribution in [-0.4, -0.2) is 18.0 Å². The lowest BCUT2D eigenvalue weighted by molar-refractivity contribution is -0.116. The lowest BCUT2D eigenvalue weighted by atomic mass is 10.1. The molecule has 1 atom stereocenters. The topological polar surface area (TPSA) is 50.4 Å². The maximum Gasteiger partial charge on any atom is 0.260 e. The second kappa shape index (κ2) is 8.63. The van der Waals surface area contributed by atoms with Crippen molar-refractivity contribution in [1.29, 1.82) is 0 Å². The van der Waals surface area contributed by atoms with E-state index in [-0.39, 0.29) is 11.4 Å². The third-order valence-corrected chi connectivity index (χ3v) is 4.97. The lowest BCUT2D eigenvalue weighted by Gasteiger charge is -2.12. The molecule has 0 unspecified atom stereocenters. The molecule has 1 aliphatic heterocycles. The van der Waals surface area contributed by atoms with Crippen molar-refractivity contribution in [2.24, 2.45) is 0 Å². The first kappa shape index (κ1) is 18.1. The van der Waals surface area contributed by atoms with E-state index in [1.807, 2.05) is 42.5 Å². The highest BCUT2D eigenvalue weighted by Crippen LogP contribution is 2.30. The van der Waals surface area contributed by atoms with E-state index in [2.05, 4.69) is 36.3 Å². The van der Waals surface area contributed by atoms with Crippen LogP contribution < -0.4 is 15.4 Å². The second-order valence-corrected chi connectivity index (χ2v) is 6.99. The number of nitrogens with one attached hydrogen (secondary N) is 2. The van der Waals surface area contributed by atoms with Crippen LogP contribution in [-0.2, 0) is 11.2 Å². The fourth-order valence-electron chi connectivity index (χ4n) is 2.52. The molecule has 2 N–H and O–H groups in total. The van der Waals surface area contributed by atoms with Gasteiger partial charge in [-0.3, -0.25) is 4.79 Å². The molecular formula is C21H22N2O2S. The monoisotopic (exact) mass is 366 g/mol. The molecule has 0 spiro atoms. The maximum atomic E-state index is 12.2. The van der Waals surface area contributed by atoms with Gasteiger partial charge in [0.05, 0.1) is 4.91 Å². The molecule has 0 bridgehead atoms. The summed E-state index contributed by atoms with van der Waals surface area (Å²) in [6, 6.07) is 15.9. The van der Waals surface area contributed by atoms with Gasteiger partial charge in [-0.05, 0) is 47.9 Å². The SMILES string of the molecule is C=CCOc1ccc(/C=C2\S[C@@H](Nc3ccc(CC)cc3)NC2=O)cc1. The summed E-state index contributed by atoms with van der Waals surface area (Å²) < 4.78 is 5.47. The number of anilines is 1. The fraction of sp³-hybridized carbons (Fsp3) is 0.190. The highest BCUT2D eigenvalue weighted by atomic mass is 32.2. The molecule has 4 nitrogen and oxygen atoms in total. The number of benzene rings is 2. The van der Waals surface area contributed by atoms with Gasteiger partial charge in [-0.2, -0.15) is 0 Å². The van der Waals surface area contributed by atoms with Crippen molar-refractivity contribution in [3.05, 3.63) is 77.2 Å². The van der Waals surface area contributed by atoms with Gasteiger partial charge in [0.15, 0.2) is 5.50 Å². The summed E-state index contributed by atoms with van der Waals surface area (Å²) in [5.74, 6) is 0.718. The van der Waals surface area contributed by atoms with Gasteiger partial charge in [0.25, 0.3) is 5.91 Å². The minimum Gasteiger partial charge on any atom is -0.490 e. The van der Waals surface area contributed by atoms with E-state index in [1.165, 1.54) is 17.3 Å². The van der Waals surface area contributed by atoms with Crippen LogP contribution in [0.25, 0.3) is 6.08 Å². The summed E-state index contributed by atoms with van der Waals surface area (Å²) in [7, 11) is 0. The number of carbonyl (C=O) groups is 1. The Hall–Kier alpha value is -2.66. The smallest absolute Gasteiger partial charge is 0.260 e. The van der Waals surface area contributed by atoms with Gasteiger partial charge in [-0.15, -0.1) is 0 Å². The predicted molar refractivity (Wildman–Crippen MR) is 109 cm³/mol. The Morgan fingerprint density at radius 3 is 2.58 bits per heavy atom. The van der Waals surface area contributed by atoms with Crippen LogP contribution >= 0.6 is 11.8 Å². The molecule has 2 aromatic carbocycles. The summed E-state index contributed by atoms with van der Waals surface area (Å²) in [5.41, 5.74) is 3.07. The molecule has 134 valence electrons. The van der Waals surface area contributed by atoms with E-state index in [0.717, 1.165) is 23.4 Å². The van der Waals surface area contributed by atoms with E-state index in [1.54, 1.807) is 6.08 Å². The normalized spacial score (nSPS) is 17.8. The van der Waals surface area contributed by atoms with Crippen molar-refractivity contribution in [2.45, 2.75) is 18.8 Å². The highest BCUT2D eigenvalue weighted by molar-refractivity contribution is 8.05. The third-order valence-electron chi connectivity index (χ3n) is 3.94. The number of thioether (sulfide) groups is 1. The molecule has 0 radical (unpaired) electrons. The van der Waals surface area contributed by atoms with E-state index in [4.69, 9.17) is 4.74 Å². The van der Waals surface area contributed by atoms with Gasteiger partial charge in [0.2, 0.25) is 0 Å². The van der Waals surface area contributed by atoms with Crippen molar-refractivity contribution in [3.63, 3.8) is 0 Å². The van der Waals surface area contributed by atoms with Crippen LogP contribution in [0.15, 0.2) is 66.1 Å². The Labute approximate surface area is 158 Å². The van der Waals surface area contributed by atoms with Crippen molar-refractivity contribution >= 4 is 29.4 Å².